The van der Waals surface area contributed by atoms with Crippen LogP contribution in [0.5, 0.6) is 0 Å². The predicted octanol–water partition coefficient (Wildman–Crippen LogP) is 0.440. The van der Waals surface area contributed by atoms with Crippen LogP contribution in [0.25, 0.3) is 0 Å². The second-order valence-corrected chi connectivity index (χ2v) is 4.93. The minimum Gasteiger partial charge on any atom is -0.363 e. The van der Waals surface area contributed by atoms with Crippen molar-refractivity contribution in [1.82, 2.24) is 10.2 Å². The smallest absolute Gasteiger partial charge is 0.262 e. The summed E-state index contributed by atoms with van der Waals surface area (Å²) in [4.78, 5) is 13.6. The minimum absolute atomic E-state index is 0.103. The zero-order chi connectivity index (χ0) is 13.8. The summed E-state index contributed by atoms with van der Waals surface area (Å²) in [5.41, 5.74) is -3.44. The summed E-state index contributed by atoms with van der Waals surface area (Å²) in [7, 11) is 0. The first-order chi connectivity index (χ1) is 8.96. The summed E-state index contributed by atoms with van der Waals surface area (Å²) in [6, 6.07) is 6.55. The van der Waals surface area contributed by atoms with E-state index in [1.54, 1.807) is 37.3 Å². The lowest BCUT2D eigenvalue weighted by atomic mass is 10.00. The predicted molar refractivity (Wildman–Crippen MR) is 72.0 cm³/mol. The van der Waals surface area contributed by atoms with Crippen LogP contribution >= 0.6 is 12.2 Å². The fraction of sp³-hybridized carbons (Fsp3) is 0.231. The zero-order valence-electron chi connectivity index (χ0n) is 10.1. The van der Waals surface area contributed by atoms with Crippen molar-refractivity contribution >= 4 is 23.1 Å². The van der Waals surface area contributed by atoms with Crippen molar-refractivity contribution in [3.63, 3.8) is 0 Å². The molecule has 3 rings (SSSR count). The van der Waals surface area contributed by atoms with E-state index in [2.05, 4.69) is 5.32 Å². The van der Waals surface area contributed by atoms with Crippen molar-refractivity contribution in [2.75, 3.05) is 0 Å². The highest BCUT2D eigenvalue weighted by molar-refractivity contribution is 7.80. The lowest BCUT2D eigenvalue weighted by molar-refractivity contribution is -0.153. The molecule has 0 saturated carbocycles. The number of benzene rings is 1. The van der Waals surface area contributed by atoms with E-state index in [-0.39, 0.29) is 10.7 Å². The van der Waals surface area contributed by atoms with Crippen molar-refractivity contribution in [1.29, 1.82) is 0 Å². The van der Waals surface area contributed by atoms with Crippen LogP contribution < -0.4 is 5.32 Å². The van der Waals surface area contributed by atoms with E-state index in [1.165, 1.54) is 11.1 Å². The molecule has 98 valence electrons. The Morgan fingerprint density at radius 2 is 2.05 bits per heavy atom. The van der Waals surface area contributed by atoms with E-state index < -0.39 is 17.2 Å². The Morgan fingerprint density at radius 3 is 2.74 bits per heavy atom. The minimum atomic E-state index is -2.14. The average Bonchev–Trinajstić information content (AvgIpc) is 2.69. The molecule has 0 bridgehead atoms. The lowest BCUT2D eigenvalue weighted by Crippen LogP contribution is -2.58. The van der Waals surface area contributed by atoms with Crippen LogP contribution in [0.1, 0.15) is 22.8 Å². The normalized spacial score (nSPS) is 32.7. The van der Waals surface area contributed by atoms with Gasteiger partial charge in [-0.2, -0.15) is 0 Å². The Hall–Kier alpha value is -1.76. The van der Waals surface area contributed by atoms with Crippen molar-refractivity contribution in [3.05, 3.63) is 47.7 Å². The van der Waals surface area contributed by atoms with Crippen molar-refractivity contribution in [2.24, 2.45) is 0 Å². The fourth-order valence-corrected chi connectivity index (χ4v) is 3.00. The number of ketones is 1. The number of hydrogen-bond donors (Lipinski definition) is 3. The monoisotopic (exact) mass is 276 g/mol. The van der Waals surface area contributed by atoms with Crippen LogP contribution in [0, 0.1) is 0 Å². The molecule has 1 saturated heterocycles. The number of Topliss-reactive ketones (excluding diaryl/α,β-unsaturated/α-hetero) is 1. The molecule has 19 heavy (non-hydrogen) atoms. The third kappa shape index (κ3) is 1.21. The summed E-state index contributed by atoms with van der Waals surface area (Å²) in [5, 5.41) is 24.2. The van der Waals surface area contributed by atoms with Gasteiger partial charge in [0.1, 0.15) is 0 Å². The first-order valence-corrected chi connectivity index (χ1v) is 6.21. The molecule has 0 spiro atoms. The standard InChI is InChI=1S/C13H12N2O3S/c1-2-7-15-11(19)14-12(17)9-6-4-3-5-8(9)10(16)13(12,15)18/h2-7,17-18H,1H3,(H,14,19)/b7-2+/t12-,13+/m0/s1. The molecule has 1 aromatic carbocycles. The van der Waals surface area contributed by atoms with Gasteiger partial charge in [-0.1, -0.05) is 30.3 Å². The van der Waals surface area contributed by atoms with E-state index in [1.807, 2.05) is 0 Å². The largest absolute Gasteiger partial charge is 0.363 e. The lowest BCUT2D eigenvalue weighted by Gasteiger charge is -2.32. The fourth-order valence-electron chi connectivity index (χ4n) is 2.66. The van der Waals surface area contributed by atoms with Crippen molar-refractivity contribution in [2.45, 2.75) is 18.4 Å². The Bertz CT molecular complexity index is 630. The second kappa shape index (κ2) is 3.63. The van der Waals surface area contributed by atoms with Crippen LogP contribution in [-0.2, 0) is 5.72 Å². The highest BCUT2D eigenvalue weighted by Gasteiger charge is 2.70. The van der Waals surface area contributed by atoms with E-state index in [9.17, 15) is 15.0 Å². The molecule has 0 amide bonds. The molecule has 0 unspecified atom stereocenters. The maximum Gasteiger partial charge on any atom is 0.262 e. The molecule has 1 fully saturated rings. The van der Waals surface area contributed by atoms with Crippen LogP contribution in [0.4, 0.5) is 0 Å². The van der Waals surface area contributed by atoms with Gasteiger partial charge in [0.05, 0.1) is 0 Å². The van der Waals surface area contributed by atoms with Gasteiger partial charge in [0.15, 0.2) is 5.11 Å². The van der Waals surface area contributed by atoms with Gasteiger partial charge < -0.3 is 15.5 Å². The number of nitrogens with zero attached hydrogens (tertiary/aromatic N) is 1. The molecule has 1 heterocycles. The highest BCUT2D eigenvalue weighted by atomic mass is 32.1. The molecule has 3 N–H and O–H groups in total. The molecular formula is C13H12N2O3S. The number of hydrogen-bond acceptors (Lipinski definition) is 4. The number of rotatable bonds is 1. The van der Waals surface area contributed by atoms with E-state index in [0.717, 1.165) is 0 Å². The van der Waals surface area contributed by atoms with Gasteiger partial charge in [0.25, 0.3) is 5.72 Å². The molecular weight excluding hydrogens is 264 g/mol. The SMILES string of the molecule is C/C=C/N1C(=S)N[C@]2(O)c3ccccc3C(=O)[C@]12O. The van der Waals surface area contributed by atoms with Crippen LogP contribution in [0.3, 0.4) is 0 Å². The van der Waals surface area contributed by atoms with Crippen LogP contribution in [-0.4, -0.2) is 31.7 Å². The number of allylic oxidation sites excluding steroid dienone is 1. The summed E-state index contributed by atoms with van der Waals surface area (Å²) in [6.07, 6.45) is 3.10. The van der Waals surface area contributed by atoms with Gasteiger partial charge in [-0.15, -0.1) is 0 Å². The molecule has 6 heteroatoms. The Balaban J connectivity index is 2.28. The second-order valence-electron chi connectivity index (χ2n) is 4.54. The number of aliphatic hydroxyl groups is 2. The first kappa shape index (κ1) is 12.3. The summed E-state index contributed by atoms with van der Waals surface area (Å²) in [6.45, 7) is 1.73. The quantitative estimate of drug-likeness (QED) is 0.647. The molecule has 0 aromatic heterocycles. The van der Waals surface area contributed by atoms with E-state index >= 15 is 0 Å². The van der Waals surface area contributed by atoms with Gasteiger partial charge in [0, 0.05) is 17.3 Å². The number of thiocarbonyl (C=S) groups is 1. The third-order valence-electron chi connectivity index (χ3n) is 3.54. The molecule has 1 aromatic rings. The average molecular weight is 276 g/mol. The highest BCUT2D eigenvalue weighted by Crippen LogP contribution is 2.48. The Labute approximate surface area is 115 Å². The zero-order valence-corrected chi connectivity index (χ0v) is 10.9. The number of fused-ring (bicyclic) bond motifs is 3. The van der Waals surface area contributed by atoms with Gasteiger partial charge in [-0.25, -0.2) is 0 Å². The molecule has 0 radical (unpaired) electrons. The number of carbonyl (C=O) groups excluding carboxylic acids is 1. The van der Waals surface area contributed by atoms with Gasteiger partial charge in [0.2, 0.25) is 11.5 Å². The van der Waals surface area contributed by atoms with E-state index in [0.29, 0.717) is 5.56 Å². The third-order valence-corrected chi connectivity index (χ3v) is 3.83. The van der Waals surface area contributed by atoms with Crippen LogP contribution in [0.15, 0.2) is 36.5 Å². The summed E-state index contributed by atoms with van der Waals surface area (Å²) >= 11 is 5.08. The molecule has 1 aliphatic heterocycles. The molecule has 2 aliphatic rings. The van der Waals surface area contributed by atoms with Crippen LogP contribution in [0.2, 0.25) is 0 Å². The Morgan fingerprint density at radius 1 is 1.37 bits per heavy atom. The van der Waals surface area contributed by atoms with Gasteiger partial charge in [-0.05, 0) is 19.1 Å². The van der Waals surface area contributed by atoms with Gasteiger partial charge >= 0.3 is 0 Å². The maximum atomic E-state index is 12.5. The molecule has 2 atom stereocenters. The topological polar surface area (TPSA) is 72.8 Å². The summed E-state index contributed by atoms with van der Waals surface area (Å²) in [5.74, 6) is -0.573. The molecule has 1 aliphatic carbocycles. The van der Waals surface area contributed by atoms with E-state index in [4.69, 9.17) is 12.2 Å². The van der Waals surface area contributed by atoms with Gasteiger partial charge in [-0.3, -0.25) is 9.69 Å². The van der Waals surface area contributed by atoms with Crippen molar-refractivity contribution in [3.8, 4) is 0 Å². The number of nitrogens with one attached hydrogen (secondary N) is 1. The Kier molecular flexibility index (Phi) is 2.35. The maximum absolute atomic E-state index is 12.5. The number of carbonyl (C=O) groups is 1. The molecule has 5 nitrogen and oxygen atoms in total. The summed E-state index contributed by atoms with van der Waals surface area (Å²) < 4.78 is 0. The first-order valence-electron chi connectivity index (χ1n) is 5.80. The van der Waals surface area contributed by atoms with Crippen molar-refractivity contribution < 1.29 is 15.0 Å².